The predicted octanol–water partition coefficient (Wildman–Crippen LogP) is 13.7. The van der Waals surface area contributed by atoms with Crippen molar-refractivity contribution in [1.29, 1.82) is 0 Å². The molecule has 1 saturated heterocycles. The monoisotopic (exact) mass is 779 g/mol. The molecule has 1 fully saturated rings. The standard InChI is InChI=1S/C48H94N2O5/c1-7-11-14-17-19-21-22-24-26-28-32-44(31-27-25-23-20-18-15-12-8-2)42-54-47(51)45-33-30-35-46(34-29-16-13-9-3)55-48(52)53-41-40-50(43(5)6)39-38-49(10-4)37-36-45/h43-46H,7-42H2,1-6H3. The van der Waals surface area contributed by atoms with Crippen LogP contribution in [-0.4, -0.2) is 80.0 Å². The number of ether oxygens (including phenoxy) is 3. The van der Waals surface area contributed by atoms with E-state index in [1.54, 1.807) is 0 Å². The third-order valence-corrected chi connectivity index (χ3v) is 12.2. The van der Waals surface area contributed by atoms with Gasteiger partial charge in [0.1, 0.15) is 12.7 Å². The molecule has 0 radical (unpaired) electrons. The van der Waals surface area contributed by atoms with Crippen LogP contribution in [0.1, 0.15) is 228 Å². The van der Waals surface area contributed by atoms with Gasteiger partial charge in [0.05, 0.1) is 12.5 Å². The first-order valence-electron chi connectivity index (χ1n) is 24.3. The molecule has 326 valence electrons. The highest BCUT2D eigenvalue weighted by molar-refractivity contribution is 5.72. The highest BCUT2D eigenvalue weighted by Crippen LogP contribution is 2.24. The maximum atomic E-state index is 13.9. The molecule has 0 saturated carbocycles. The van der Waals surface area contributed by atoms with Crippen molar-refractivity contribution in [3.8, 4) is 0 Å². The SMILES string of the molecule is CCCCCCCCCCCCC(CCCCCCCCCC)COC(=O)C1CCCC(CCCCCC)OC(=O)OCCN(C(C)C)CCN(CC)CC1. The van der Waals surface area contributed by atoms with E-state index in [1.807, 2.05) is 0 Å². The Bertz CT molecular complexity index is 869. The third kappa shape index (κ3) is 29.5. The fourth-order valence-corrected chi connectivity index (χ4v) is 8.23. The molecular formula is C48H94N2O5. The molecule has 0 aromatic carbocycles. The number of carbonyl (C=O) groups excluding carboxylic acids is 2. The normalized spacial score (nSPS) is 19.3. The second-order valence-electron chi connectivity index (χ2n) is 17.4. The van der Waals surface area contributed by atoms with Crippen LogP contribution < -0.4 is 0 Å². The number of likely N-dealkylation sites (N-methyl/N-ethyl adjacent to an activating group) is 1. The number of hydrogen-bond donors (Lipinski definition) is 0. The summed E-state index contributed by atoms with van der Waals surface area (Å²) in [4.78, 5) is 31.6. The summed E-state index contributed by atoms with van der Waals surface area (Å²) < 4.78 is 17.8. The zero-order valence-corrected chi connectivity index (χ0v) is 37.7. The van der Waals surface area contributed by atoms with Crippen molar-refractivity contribution in [2.45, 2.75) is 240 Å². The molecule has 0 aromatic rings. The molecule has 1 heterocycles. The summed E-state index contributed by atoms with van der Waals surface area (Å²) in [5.41, 5.74) is 0. The van der Waals surface area contributed by atoms with E-state index in [9.17, 15) is 9.59 Å². The molecule has 0 amide bonds. The summed E-state index contributed by atoms with van der Waals surface area (Å²) in [6, 6.07) is 0.352. The Morgan fingerprint density at radius 3 is 1.71 bits per heavy atom. The maximum Gasteiger partial charge on any atom is 0.508 e. The highest BCUT2D eigenvalue weighted by atomic mass is 16.7. The molecule has 0 bridgehead atoms. The Morgan fingerprint density at radius 2 is 1.18 bits per heavy atom. The van der Waals surface area contributed by atoms with E-state index in [0.717, 1.165) is 71.1 Å². The largest absolute Gasteiger partial charge is 0.508 e. The molecule has 0 N–H and O–H groups in total. The smallest absolute Gasteiger partial charge is 0.465 e. The van der Waals surface area contributed by atoms with Crippen LogP contribution in [-0.2, 0) is 19.0 Å². The average molecular weight is 779 g/mol. The lowest BCUT2D eigenvalue weighted by Crippen LogP contribution is -2.41. The molecule has 1 aliphatic heterocycles. The molecule has 7 heteroatoms. The van der Waals surface area contributed by atoms with Crippen molar-refractivity contribution in [2.75, 3.05) is 45.9 Å². The minimum atomic E-state index is -0.549. The van der Waals surface area contributed by atoms with Gasteiger partial charge in [-0.1, -0.05) is 163 Å². The van der Waals surface area contributed by atoms with Crippen LogP contribution in [0.2, 0.25) is 0 Å². The van der Waals surface area contributed by atoms with Crippen LogP contribution in [0, 0.1) is 11.8 Å². The van der Waals surface area contributed by atoms with E-state index in [1.165, 1.54) is 141 Å². The van der Waals surface area contributed by atoms with Crippen molar-refractivity contribution in [1.82, 2.24) is 9.80 Å². The van der Waals surface area contributed by atoms with Gasteiger partial charge in [0, 0.05) is 25.7 Å². The Labute approximate surface area is 342 Å². The summed E-state index contributed by atoms with van der Waals surface area (Å²) in [5, 5.41) is 0. The van der Waals surface area contributed by atoms with Gasteiger partial charge in [-0.2, -0.15) is 0 Å². The zero-order chi connectivity index (χ0) is 40.2. The molecule has 3 unspecified atom stereocenters. The summed E-state index contributed by atoms with van der Waals surface area (Å²) >= 11 is 0. The van der Waals surface area contributed by atoms with Gasteiger partial charge in [-0.3, -0.25) is 9.69 Å². The molecule has 7 nitrogen and oxygen atoms in total. The van der Waals surface area contributed by atoms with Gasteiger partial charge in [0.25, 0.3) is 0 Å². The molecule has 0 aliphatic carbocycles. The molecule has 1 aliphatic rings. The number of carbonyl (C=O) groups is 2. The van der Waals surface area contributed by atoms with E-state index in [0.29, 0.717) is 31.7 Å². The first kappa shape index (κ1) is 51.7. The van der Waals surface area contributed by atoms with Crippen LogP contribution in [0.4, 0.5) is 4.79 Å². The third-order valence-electron chi connectivity index (χ3n) is 12.2. The van der Waals surface area contributed by atoms with Gasteiger partial charge < -0.3 is 19.1 Å². The lowest BCUT2D eigenvalue weighted by Gasteiger charge is -2.30. The number of hydrogen-bond acceptors (Lipinski definition) is 7. The minimum absolute atomic E-state index is 0.00945. The number of unbranched alkanes of at least 4 members (excludes halogenated alkanes) is 19. The van der Waals surface area contributed by atoms with Crippen LogP contribution in [0.25, 0.3) is 0 Å². The highest BCUT2D eigenvalue weighted by Gasteiger charge is 2.25. The zero-order valence-electron chi connectivity index (χ0n) is 37.7. The van der Waals surface area contributed by atoms with Crippen LogP contribution in [0.3, 0.4) is 0 Å². The summed E-state index contributed by atoms with van der Waals surface area (Å²) in [6.07, 6.45) is 34.4. The van der Waals surface area contributed by atoms with Crippen molar-refractivity contribution in [3.63, 3.8) is 0 Å². The van der Waals surface area contributed by atoms with Crippen LogP contribution >= 0.6 is 0 Å². The van der Waals surface area contributed by atoms with E-state index < -0.39 is 6.16 Å². The predicted molar refractivity (Wildman–Crippen MR) is 234 cm³/mol. The van der Waals surface area contributed by atoms with Crippen LogP contribution in [0.15, 0.2) is 0 Å². The van der Waals surface area contributed by atoms with E-state index >= 15 is 0 Å². The fourth-order valence-electron chi connectivity index (χ4n) is 8.23. The molecule has 0 spiro atoms. The lowest BCUT2D eigenvalue weighted by atomic mass is 9.94. The number of rotatable bonds is 30. The van der Waals surface area contributed by atoms with E-state index in [4.69, 9.17) is 14.2 Å². The Kier molecular flexibility index (Phi) is 34.7. The summed E-state index contributed by atoms with van der Waals surface area (Å²) in [5.74, 6) is 0.326. The molecule has 1 rings (SSSR count). The minimum Gasteiger partial charge on any atom is -0.465 e. The van der Waals surface area contributed by atoms with Gasteiger partial charge in [-0.15, -0.1) is 0 Å². The van der Waals surface area contributed by atoms with Crippen molar-refractivity contribution < 1.29 is 23.8 Å². The average Bonchev–Trinajstić information content (AvgIpc) is 3.17. The molecular weight excluding hydrogens is 685 g/mol. The van der Waals surface area contributed by atoms with Crippen molar-refractivity contribution in [3.05, 3.63) is 0 Å². The second kappa shape index (κ2) is 37.0. The topological polar surface area (TPSA) is 68.3 Å². The van der Waals surface area contributed by atoms with Gasteiger partial charge in [-0.05, 0) is 84.2 Å². The van der Waals surface area contributed by atoms with Gasteiger partial charge in [-0.25, -0.2) is 4.79 Å². The Hall–Kier alpha value is -1.34. The number of esters is 1. The molecule has 3 atom stereocenters. The lowest BCUT2D eigenvalue weighted by molar-refractivity contribution is -0.151. The Balaban J connectivity index is 2.88. The van der Waals surface area contributed by atoms with Gasteiger partial charge >= 0.3 is 12.1 Å². The molecule has 0 aromatic heterocycles. The molecule has 55 heavy (non-hydrogen) atoms. The first-order chi connectivity index (χ1) is 26.8. The number of nitrogens with zero attached hydrogens (tertiary/aromatic N) is 2. The van der Waals surface area contributed by atoms with Gasteiger partial charge in [0.2, 0.25) is 0 Å². The summed E-state index contributed by atoms with van der Waals surface area (Å²) in [7, 11) is 0. The second-order valence-corrected chi connectivity index (χ2v) is 17.4. The van der Waals surface area contributed by atoms with E-state index in [2.05, 4.69) is 51.3 Å². The van der Waals surface area contributed by atoms with Crippen molar-refractivity contribution in [2.24, 2.45) is 11.8 Å². The Morgan fingerprint density at radius 1 is 0.655 bits per heavy atom. The quantitative estimate of drug-likeness (QED) is 0.0531. The summed E-state index contributed by atoms with van der Waals surface area (Å²) in [6.45, 7) is 18.7. The van der Waals surface area contributed by atoms with E-state index in [-0.39, 0.29) is 18.0 Å². The van der Waals surface area contributed by atoms with Gasteiger partial charge in [0.15, 0.2) is 0 Å². The fraction of sp³-hybridized carbons (Fsp3) is 0.958. The first-order valence-corrected chi connectivity index (χ1v) is 24.3. The number of cyclic esters (lactones) is 2. The van der Waals surface area contributed by atoms with Crippen molar-refractivity contribution >= 4 is 12.1 Å². The van der Waals surface area contributed by atoms with Crippen LogP contribution in [0.5, 0.6) is 0 Å². The maximum absolute atomic E-state index is 13.9.